The molecule has 1 aliphatic rings. The molecule has 0 saturated carbocycles. The maximum Gasteiger partial charge on any atom is 0.334 e. The van der Waals surface area contributed by atoms with Gasteiger partial charge in [-0.05, 0) is 0 Å². The van der Waals surface area contributed by atoms with Crippen molar-refractivity contribution in [3.05, 3.63) is 0 Å². The number of carbonyl (C=O) groups excluding carboxylic acids is 2. The Morgan fingerprint density at radius 1 is 1.60 bits per heavy atom. The average molecular weight is 216 g/mol. The fourth-order valence-corrected chi connectivity index (χ4v) is 0.605. The number of aliphatic carboxylic acids is 1. The highest BCUT2D eigenvalue weighted by Crippen LogP contribution is 1.92. The van der Waals surface area contributed by atoms with Gasteiger partial charge in [0.25, 0.3) is 0 Å². The molecular weight excluding hydrogens is 204 g/mol. The molecule has 0 bridgehead atoms. The average Bonchev–Trinajstić information content (AvgIpc) is 2.47. The number of amides is 1. The molecule has 1 aliphatic heterocycles. The first-order valence-corrected chi connectivity index (χ1v) is 4.09. The Labute approximate surface area is 86.1 Å². The maximum absolute atomic E-state index is 10.1. The van der Waals surface area contributed by atoms with Gasteiger partial charge < -0.3 is 15.2 Å². The van der Waals surface area contributed by atoms with Crippen molar-refractivity contribution >= 4 is 23.7 Å². The Kier molecular flexibility index (Phi) is 5.69. The number of cyclic esters (lactones) is 1. The zero-order valence-corrected chi connectivity index (χ0v) is 8.44. The lowest BCUT2D eigenvalue weighted by Gasteiger charge is -1.92. The molecule has 15 heavy (non-hydrogen) atoms. The van der Waals surface area contributed by atoms with E-state index in [1.807, 2.05) is 0 Å². The molecule has 7 heteroatoms. The van der Waals surface area contributed by atoms with Crippen LogP contribution in [0.5, 0.6) is 0 Å². The zero-order valence-electron chi connectivity index (χ0n) is 8.44. The van der Waals surface area contributed by atoms with Crippen LogP contribution in [0.1, 0.15) is 13.8 Å². The third kappa shape index (κ3) is 8.41. The standard InChI is InChI=1S/C4H7NO3.C4H5NO2/c1-3(6)5-2-4(7)8;1-3-5-2-4(6)7-3/h2H2,1H3,(H,5,6)(H,7,8);2H2,1H3. The first-order valence-electron chi connectivity index (χ1n) is 4.09. The molecule has 1 heterocycles. The minimum absolute atomic E-state index is 0.200. The molecule has 0 aromatic rings. The number of hydrogen-bond donors (Lipinski definition) is 2. The van der Waals surface area contributed by atoms with E-state index in [-0.39, 0.29) is 25.0 Å². The quantitative estimate of drug-likeness (QED) is 0.586. The van der Waals surface area contributed by atoms with Crippen molar-refractivity contribution in [3.8, 4) is 0 Å². The summed E-state index contributed by atoms with van der Waals surface area (Å²) in [5.41, 5.74) is 0. The van der Waals surface area contributed by atoms with Crippen LogP contribution in [0.4, 0.5) is 0 Å². The molecule has 1 amide bonds. The number of carbonyl (C=O) groups is 3. The molecule has 0 spiro atoms. The summed E-state index contributed by atoms with van der Waals surface area (Å²) in [6.45, 7) is 2.83. The molecule has 0 aromatic carbocycles. The van der Waals surface area contributed by atoms with E-state index in [2.05, 4.69) is 15.0 Å². The van der Waals surface area contributed by atoms with Gasteiger partial charge in [-0.2, -0.15) is 0 Å². The van der Waals surface area contributed by atoms with Gasteiger partial charge in [-0.25, -0.2) is 9.79 Å². The molecule has 0 saturated heterocycles. The van der Waals surface area contributed by atoms with E-state index in [0.717, 1.165) is 0 Å². The highest BCUT2D eigenvalue weighted by atomic mass is 16.5. The van der Waals surface area contributed by atoms with E-state index >= 15 is 0 Å². The van der Waals surface area contributed by atoms with Gasteiger partial charge in [0.2, 0.25) is 5.91 Å². The van der Waals surface area contributed by atoms with Crippen molar-refractivity contribution in [2.24, 2.45) is 4.99 Å². The lowest BCUT2D eigenvalue weighted by Crippen LogP contribution is -2.26. The molecule has 0 atom stereocenters. The highest BCUT2D eigenvalue weighted by Gasteiger charge is 2.09. The number of hydrogen-bond acceptors (Lipinski definition) is 5. The minimum atomic E-state index is -1.03. The molecule has 2 N–H and O–H groups in total. The summed E-state index contributed by atoms with van der Waals surface area (Å²) < 4.78 is 4.47. The summed E-state index contributed by atoms with van der Waals surface area (Å²) in [5, 5.41) is 10.1. The first kappa shape index (κ1) is 13.1. The Bertz CT molecular complexity index is 283. The summed E-state index contributed by atoms with van der Waals surface area (Å²) in [5.74, 6) is -1.13. The van der Waals surface area contributed by atoms with Crippen LogP contribution in [0.15, 0.2) is 4.99 Å². The van der Waals surface area contributed by atoms with Crippen molar-refractivity contribution in [3.63, 3.8) is 0 Å². The number of rotatable bonds is 2. The van der Waals surface area contributed by atoms with Gasteiger partial charge in [-0.3, -0.25) is 9.59 Å². The summed E-state index contributed by atoms with van der Waals surface area (Å²) >= 11 is 0. The van der Waals surface area contributed by atoms with Crippen molar-refractivity contribution in [1.29, 1.82) is 0 Å². The lowest BCUT2D eigenvalue weighted by molar-refractivity contribution is -0.137. The topological polar surface area (TPSA) is 105 Å². The third-order valence-electron chi connectivity index (χ3n) is 1.18. The van der Waals surface area contributed by atoms with Gasteiger partial charge in [0.15, 0.2) is 5.90 Å². The van der Waals surface area contributed by atoms with Crippen LogP contribution in [0.2, 0.25) is 0 Å². The number of aliphatic imine (C=N–C) groups is 1. The molecule has 0 aliphatic carbocycles. The number of nitrogens with zero attached hydrogens (tertiary/aromatic N) is 1. The van der Waals surface area contributed by atoms with E-state index in [9.17, 15) is 14.4 Å². The normalized spacial score (nSPS) is 13.2. The van der Waals surface area contributed by atoms with Gasteiger partial charge in [0.1, 0.15) is 13.1 Å². The summed E-state index contributed by atoms with van der Waals surface area (Å²) in [6.07, 6.45) is 0. The maximum atomic E-state index is 10.1. The fraction of sp³-hybridized carbons (Fsp3) is 0.500. The predicted octanol–water partition coefficient (Wildman–Crippen LogP) is -0.831. The molecule has 7 nitrogen and oxygen atoms in total. The minimum Gasteiger partial charge on any atom is -0.480 e. The fourth-order valence-electron chi connectivity index (χ4n) is 0.605. The highest BCUT2D eigenvalue weighted by molar-refractivity contribution is 5.93. The zero-order chi connectivity index (χ0) is 11.8. The Hall–Kier alpha value is -1.92. The van der Waals surface area contributed by atoms with Crippen molar-refractivity contribution in [2.45, 2.75) is 13.8 Å². The van der Waals surface area contributed by atoms with E-state index in [4.69, 9.17) is 5.11 Å². The van der Waals surface area contributed by atoms with Crippen LogP contribution < -0.4 is 5.32 Å². The van der Waals surface area contributed by atoms with Crippen LogP contribution >= 0.6 is 0 Å². The van der Waals surface area contributed by atoms with Gasteiger partial charge in [0.05, 0.1) is 0 Å². The largest absolute Gasteiger partial charge is 0.480 e. The SMILES string of the molecule is CC(=O)NCC(=O)O.CC1=NCC(=O)O1. The number of ether oxygens (including phenoxy) is 1. The van der Waals surface area contributed by atoms with Gasteiger partial charge in [-0.15, -0.1) is 0 Å². The molecule has 84 valence electrons. The van der Waals surface area contributed by atoms with Gasteiger partial charge in [-0.1, -0.05) is 0 Å². The number of carboxylic acid groups (broad SMARTS) is 1. The first-order chi connectivity index (χ1) is 6.91. The Morgan fingerprint density at radius 3 is 2.33 bits per heavy atom. The second-order valence-corrected chi connectivity index (χ2v) is 2.61. The molecule has 1 rings (SSSR count). The smallest absolute Gasteiger partial charge is 0.334 e. The van der Waals surface area contributed by atoms with Crippen LogP contribution in [-0.2, 0) is 19.1 Å². The van der Waals surface area contributed by atoms with Crippen LogP contribution in [0, 0.1) is 0 Å². The van der Waals surface area contributed by atoms with E-state index in [1.54, 1.807) is 6.92 Å². The second-order valence-electron chi connectivity index (χ2n) is 2.61. The molecule has 0 unspecified atom stereocenters. The van der Waals surface area contributed by atoms with E-state index < -0.39 is 5.97 Å². The number of carboxylic acids is 1. The third-order valence-corrected chi connectivity index (χ3v) is 1.18. The Morgan fingerprint density at radius 2 is 2.20 bits per heavy atom. The van der Waals surface area contributed by atoms with Gasteiger partial charge >= 0.3 is 11.9 Å². The van der Waals surface area contributed by atoms with Crippen LogP contribution in [0.3, 0.4) is 0 Å². The number of nitrogens with one attached hydrogen (secondary N) is 1. The summed E-state index contributed by atoms with van der Waals surface area (Å²) in [4.78, 5) is 33.4. The number of esters is 1. The van der Waals surface area contributed by atoms with Crippen LogP contribution in [-0.4, -0.2) is 41.9 Å². The second kappa shape index (κ2) is 6.52. The summed E-state index contributed by atoms with van der Waals surface area (Å²) in [7, 11) is 0. The Balaban J connectivity index is 0.000000262. The monoisotopic (exact) mass is 216 g/mol. The van der Waals surface area contributed by atoms with E-state index in [0.29, 0.717) is 5.90 Å². The van der Waals surface area contributed by atoms with E-state index in [1.165, 1.54) is 6.92 Å². The van der Waals surface area contributed by atoms with Crippen LogP contribution in [0.25, 0.3) is 0 Å². The predicted molar refractivity (Wildman–Crippen MR) is 50.4 cm³/mol. The molecule has 0 fully saturated rings. The van der Waals surface area contributed by atoms with Gasteiger partial charge in [0, 0.05) is 13.8 Å². The van der Waals surface area contributed by atoms with Crippen molar-refractivity contribution < 1.29 is 24.2 Å². The lowest BCUT2D eigenvalue weighted by atomic mass is 10.6. The van der Waals surface area contributed by atoms with Crippen molar-refractivity contribution in [2.75, 3.05) is 13.1 Å². The molecule has 0 radical (unpaired) electrons. The molecule has 0 aromatic heterocycles. The molecular formula is C8H12N2O5. The van der Waals surface area contributed by atoms with Crippen molar-refractivity contribution in [1.82, 2.24) is 5.32 Å². The summed E-state index contributed by atoms with van der Waals surface area (Å²) in [6, 6.07) is 0.